The van der Waals surface area contributed by atoms with Crippen LogP contribution in [0.2, 0.25) is 0 Å². The van der Waals surface area contributed by atoms with Gasteiger partial charge in [-0.25, -0.2) is 0 Å². The zero-order valence-electron chi connectivity index (χ0n) is 38.4. The van der Waals surface area contributed by atoms with E-state index in [4.69, 9.17) is 20.4 Å². The first kappa shape index (κ1) is 46.1. The summed E-state index contributed by atoms with van der Waals surface area (Å²) in [6, 6.07) is 18.2. The van der Waals surface area contributed by atoms with E-state index < -0.39 is 26.4 Å². The van der Waals surface area contributed by atoms with Crippen LogP contribution in [0, 0.1) is 88.5 Å². The number of hydrogen-bond acceptors (Lipinski definition) is 16. The van der Waals surface area contributed by atoms with Crippen LogP contribution in [-0.2, 0) is 0 Å². The van der Waals surface area contributed by atoms with Gasteiger partial charge in [-0.15, -0.1) is 40.8 Å². The molecule has 4 N–H and O–H groups in total. The molecule has 16 nitrogen and oxygen atoms in total. The van der Waals surface area contributed by atoms with Crippen molar-refractivity contribution in [2.45, 2.75) is 125 Å². The number of nitrogens with zero attached hydrogens (tertiary/aromatic N) is 12. The SMILES string of the molecule is Cc1cc(C)c(C(Sc2nn[nH]n2)C(C(Sc2nn[nH]n2)c2c(C)cc(C)cc2C)(C(Sc2nn[nH]n2)c2c(C)cc(C)cc2C)C(Sc2nn[nH]n2)c2c(C)cc(C)cc2C)c(C)c1. The standard InChI is InChI=1S/C45H52N16S4/c1-21-13-25(5)33(26(6)14-21)37(62-41-46-54-55-47-41)45(38(63-42-48-56-57-49-42)34-27(7)15-22(2)16-28(34)8,39(64-43-50-58-59-51-43)35-29(9)17-23(3)18-30(35)10)40(65-44-52-60-61-53-44)36-31(11)19-24(4)20-32(36)12/h13-20,37-40H,1-12H3,(H,46,47,54,55)(H,48,49,56,57)(H,50,51,58,59)(H,52,53,60,61). The average molecular weight is 945 g/mol. The molecule has 0 amide bonds. The van der Waals surface area contributed by atoms with Crippen molar-refractivity contribution in [2.24, 2.45) is 5.41 Å². The van der Waals surface area contributed by atoms with Crippen molar-refractivity contribution in [3.05, 3.63) is 138 Å². The molecule has 4 unspecified atom stereocenters. The fraction of sp³-hybridized carbons (Fsp3) is 0.378. The lowest BCUT2D eigenvalue weighted by molar-refractivity contribution is 0.244. The van der Waals surface area contributed by atoms with Crippen LogP contribution in [0.1, 0.15) is 110 Å². The summed E-state index contributed by atoms with van der Waals surface area (Å²) in [5.41, 5.74) is 17.1. The molecule has 4 aromatic heterocycles. The zero-order valence-corrected chi connectivity index (χ0v) is 41.7. The summed E-state index contributed by atoms with van der Waals surface area (Å²) in [4.78, 5) is 0. The van der Waals surface area contributed by atoms with E-state index >= 15 is 0 Å². The maximum atomic E-state index is 4.71. The normalized spacial score (nSPS) is 14.6. The minimum atomic E-state index is -1.07. The molecule has 8 aromatic rings. The second kappa shape index (κ2) is 19.2. The molecule has 4 aromatic carbocycles. The van der Waals surface area contributed by atoms with Gasteiger partial charge in [-0.3, -0.25) is 0 Å². The molecular weight excluding hydrogens is 893 g/mol. The first-order chi connectivity index (χ1) is 31.1. The quantitative estimate of drug-likeness (QED) is 0.0663. The molecule has 20 heteroatoms. The van der Waals surface area contributed by atoms with E-state index in [0.29, 0.717) is 20.6 Å². The molecular formula is C45H52N16S4. The highest BCUT2D eigenvalue weighted by Crippen LogP contribution is 2.76. The smallest absolute Gasteiger partial charge is 0.176 e. The molecule has 0 bridgehead atoms. The number of aromatic nitrogens is 16. The van der Waals surface area contributed by atoms with E-state index in [1.165, 1.54) is 0 Å². The second-order valence-corrected chi connectivity index (χ2v) is 21.3. The maximum Gasteiger partial charge on any atom is 0.231 e. The molecule has 4 heterocycles. The van der Waals surface area contributed by atoms with E-state index in [0.717, 1.165) is 89.0 Å². The molecule has 0 saturated heterocycles. The van der Waals surface area contributed by atoms with Crippen LogP contribution in [0.3, 0.4) is 0 Å². The Bertz CT molecular complexity index is 2410. The van der Waals surface area contributed by atoms with Gasteiger partial charge in [0.25, 0.3) is 0 Å². The van der Waals surface area contributed by atoms with Gasteiger partial charge in [-0.1, -0.05) is 118 Å². The van der Waals surface area contributed by atoms with Gasteiger partial charge >= 0.3 is 0 Å². The van der Waals surface area contributed by atoms with Crippen molar-refractivity contribution in [1.82, 2.24) is 82.5 Å². The Labute approximate surface area is 395 Å². The maximum absolute atomic E-state index is 4.71. The summed E-state index contributed by atoms with van der Waals surface area (Å²) in [6.07, 6.45) is 0. The summed E-state index contributed by atoms with van der Waals surface area (Å²) in [7, 11) is 0. The van der Waals surface area contributed by atoms with Gasteiger partial charge in [0.15, 0.2) is 0 Å². The van der Waals surface area contributed by atoms with Crippen molar-refractivity contribution in [3.8, 4) is 0 Å². The molecule has 65 heavy (non-hydrogen) atoms. The Morgan fingerprint density at radius 3 is 0.662 bits per heavy atom. The number of rotatable bonds is 16. The number of hydrogen-bond donors (Lipinski definition) is 4. The molecule has 0 spiro atoms. The largest absolute Gasteiger partial charge is 0.231 e. The third-order valence-electron chi connectivity index (χ3n) is 12.0. The Balaban J connectivity index is 1.70. The van der Waals surface area contributed by atoms with E-state index in [1.54, 1.807) is 47.0 Å². The molecule has 0 aliphatic rings. The topological polar surface area (TPSA) is 218 Å². The first-order valence-electron chi connectivity index (χ1n) is 21.1. The van der Waals surface area contributed by atoms with Crippen LogP contribution in [0.25, 0.3) is 0 Å². The Hall–Kier alpha value is -5.44. The molecule has 0 aliphatic carbocycles. The van der Waals surface area contributed by atoms with Gasteiger partial charge in [0.2, 0.25) is 20.6 Å². The van der Waals surface area contributed by atoms with Crippen LogP contribution >= 0.6 is 47.0 Å². The van der Waals surface area contributed by atoms with Gasteiger partial charge in [-0.2, -0.15) is 20.9 Å². The fourth-order valence-electron chi connectivity index (χ4n) is 10.1. The highest BCUT2D eigenvalue weighted by molar-refractivity contribution is 8.02. The summed E-state index contributed by atoms with van der Waals surface area (Å²) >= 11 is 6.37. The lowest BCUT2D eigenvalue weighted by atomic mass is 9.63. The minimum Gasteiger partial charge on any atom is -0.176 e. The molecule has 336 valence electrons. The second-order valence-electron chi connectivity index (χ2n) is 17.0. The Morgan fingerprint density at radius 1 is 0.323 bits per heavy atom. The zero-order chi connectivity index (χ0) is 46.2. The summed E-state index contributed by atoms with van der Waals surface area (Å²) in [5.74, 6) is 0. The highest BCUT2D eigenvalue weighted by Gasteiger charge is 2.62. The predicted octanol–water partition coefficient (Wildman–Crippen LogP) is 9.86. The summed E-state index contributed by atoms with van der Waals surface area (Å²) < 4.78 is 0. The molecule has 8 rings (SSSR count). The van der Waals surface area contributed by atoms with Crippen LogP contribution in [0.5, 0.6) is 0 Å². The predicted molar refractivity (Wildman–Crippen MR) is 256 cm³/mol. The summed E-state index contributed by atoms with van der Waals surface area (Å²) in [6.45, 7) is 26.3. The monoisotopic (exact) mass is 944 g/mol. The van der Waals surface area contributed by atoms with Crippen LogP contribution < -0.4 is 0 Å². The highest BCUT2D eigenvalue weighted by atomic mass is 32.2. The first-order valence-corrected chi connectivity index (χ1v) is 24.6. The third-order valence-corrected chi connectivity index (χ3v) is 17.1. The molecule has 0 saturated carbocycles. The third kappa shape index (κ3) is 9.22. The van der Waals surface area contributed by atoms with E-state index in [9.17, 15) is 0 Å². The van der Waals surface area contributed by atoms with Gasteiger partial charge in [0, 0.05) is 26.4 Å². The lowest BCUT2D eigenvalue weighted by Gasteiger charge is -2.55. The van der Waals surface area contributed by atoms with E-state index in [2.05, 4.69) is 194 Å². The van der Waals surface area contributed by atoms with Crippen molar-refractivity contribution < 1.29 is 0 Å². The van der Waals surface area contributed by atoms with Crippen LogP contribution in [0.15, 0.2) is 69.2 Å². The number of tetrazole rings is 4. The lowest BCUT2D eigenvalue weighted by Crippen LogP contribution is -2.44. The van der Waals surface area contributed by atoms with Crippen molar-refractivity contribution >= 4 is 47.0 Å². The fourth-order valence-corrected chi connectivity index (χ4v) is 16.6. The van der Waals surface area contributed by atoms with Crippen LogP contribution in [0.4, 0.5) is 0 Å². The molecule has 0 radical (unpaired) electrons. The van der Waals surface area contributed by atoms with Crippen molar-refractivity contribution in [2.75, 3.05) is 0 Å². The van der Waals surface area contributed by atoms with Gasteiger partial charge < -0.3 is 0 Å². The number of aromatic amines is 4. The Morgan fingerprint density at radius 2 is 0.508 bits per heavy atom. The minimum absolute atomic E-state index is 0.487. The van der Waals surface area contributed by atoms with Gasteiger partial charge in [-0.05, 0) is 171 Å². The van der Waals surface area contributed by atoms with Gasteiger partial charge in [0.05, 0.1) is 0 Å². The number of benzene rings is 4. The molecule has 0 aliphatic heterocycles. The molecule has 0 fully saturated rings. The summed E-state index contributed by atoms with van der Waals surface area (Å²) in [5, 5.41) is 65.4. The number of thioether (sulfide) groups is 4. The van der Waals surface area contributed by atoms with Crippen LogP contribution in [-0.4, -0.2) is 82.5 Å². The van der Waals surface area contributed by atoms with Gasteiger partial charge in [0.1, 0.15) is 0 Å². The number of H-pyrrole nitrogens is 4. The van der Waals surface area contributed by atoms with Crippen molar-refractivity contribution in [1.29, 1.82) is 0 Å². The molecule has 4 atom stereocenters. The number of aryl methyl sites for hydroxylation is 12. The van der Waals surface area contributed by atoms with Crippen molar-refractivity contribution in [3.63, 3.8) is 0 Å². The van der Waals surface area contributed by atoms with E-state index in [-0.39, 0.29) is 0 Å². The number of nitrogens with one attached hydrogen (secondary N) is 4. The Kier molecular flexibility index (Phi) is 13.6. The van der Waals surface area contributed by atoms with E-state index in [1.807, 2.05) is 0 Å². The average Bonchev–Trinajstić information content (AvgIpc) is 4.07.